The number of benzene rings is 2. The highest BCUT2D eigenvalue weighted by atomic mass is 35.5. The first kappa shape index (κ1) is 103. The van der Waals surface area contributed by atoms with Crippen LogP contribution in [-0.4, -0.2) is 218 Å². The average molecular weight is 1840 g/mol. The lowest BCUT2D eigenvalue weighted by Crippen LogP contribution is -2.60. The fraction of sp³-hybridized carbons (Fsp3) is 0.659. The Bertz CT molecular complexity index is 4430. The van der Waals surface area contributed by atoms with Gasteiger partial charge in [-0.25, -0.2) is 27.6 Å². The molecule has 122 heavy (non-hydrogen) atoms. The number of amides is 6. The van der Waals surface area contributed by atoms with Gasteiger partial charge in [-0.2, -0.15) is 0 Å². The number of hydrogen-bond acceptors (Lipinski definition) is 25. The molecule has 8 rings (SSSR count). The summed E-state index contributed by atoms with van der Waals surface area (Å²) in [5.41, 5.74) is 0.733. The van der Waals surface area contributed by atoms with E-state index in [1.54, 1.807) is 70.4 Å². The fourth-order valence-corrected chi connectivity index (χ4v) is 22.2. The maximum absolute atomic E-state index is 14.2. The van der Waals surface area contributed by atoms with Crippen LogP contribution in [0.2, 0.25) is 10.0 Å². The number of likely N-dealkylation sites (N-methyl/N-ethyl adjacent to an activating group) is 2. The first-order valence-electron chi connectivity index (χ1n) is 41.7. The number of allylic oxidation sites excluding steroid dienone is 6. The summed E-state index contributed by atoms with van der Waals surface area (Å²) >= 11 is 13.6. The number of rotatable bonds is 27. The van der Waals surface area contributed by atoms with Gasteiger partial charge in [0.1, 0.15) is 86.1 Å². The molecule has 2 aromatic carbocycles. The third kappa shape index (κ3) is 27.2. The number of ketones is 2. The van der Waals surface area contributed by atoms with Crippen molar-refractivity contribution < 1.29 is 99.6 Å². The summed E-state index contributed by atoms with van der Waals surface area (Å²) in [5.74, 6) is -4.09. The molecule has 0 aliphatic carbocycles. The summed E-state index contributed by atoms with van der Waals surface area (Å²) in [4.78, 5) is 138. The summed E-state index contributed by atoms with van der Waals surface area (Å²) < 4.78 is 70.4. The van der Waals surface area contributed by atoms with Crippen LogP contribution < -0.4 is 20.4 Å². The summed E-state index contributed by atoms with van der Waals surface area (Å²) in [6.07, 6.45) is 8.18. The highest BCUT2D eigenvalue weighted by molar-refractivity contribution is 8.77. The molecule has 6 aliphatic heterocycles. The highest BCUT2D eigenvalue weighted by Crippen LogP contribution is 2.52. The predicted octanol–water partition coefficient (Wildman–Crippen LogP) is 14.8. The van der Waals surface area contributed by atoms with Crippen molar-refractivity contribution >= 4 is 147 Å². The largest absolute Gasteiger partial charge is 0.747 e. The first-order chi connectivity index (χ1) is 56.6. The Hall–Kier alpha value is -6.17. The molecule has 27 nitrogen and oxygen atoms in total. The molecule has 34 heteroatoms. The molecule has 6 aliphatic rings. The van der Waals surface area contributed by atoms with Crippen molar-refractivity contribution in [2.45, 2.75) is 307 Å². The highest BCUT2D eigenvalue weighted by Gasteiger charge is 2.66. The summed E-state index contributed by atoms with van der Waals surface area (Å²) in [7, 11) is 7.61. The van der Waals surface area contributed by atoms with Crippen molar-refractivity contribution in [3.63, 3.8) is 0 Å². The minimum Gasteiger partial charge on any atom is -0.747 e. The second-order valence-corrected chi connectivity index (χ2v) is 43.8. The molecule has 0 aromatic heterocycles. The van der Waals surface area contributed by atoms with Crippen LogP contribution in [0, 0.1) is 37.5 Å². The van der Waals surface area contributed by atoms with Gasteiger partial charge in [-0.3, -0.25) is 39.4 Å². The Morgan fingerprint density at radius 1 is 0.639 bits per heavy atom. The second-order valence-electron chi connectivity index (χ2n) is 35.2. The number of hydrogen-bond donors (Lipinski definition) is 4. The third-order valence-electron chi connectivity index (χ3n) is 24.4. The molecule has 4 fully saturated rings. The lowest BCUT2D eigenvalue weighted by Gasteiger charge is -2.41. The number of carbonyl (C=O) groups is 10. The number of ether oxygens (including phenoxy) is 6. The van der Waals surface area contributed by atoms with Crippen LogP contribution in [0.15, 0.2) is 71.9 Å². The number of carbonyl (C=O) groups excluding carboxylic acids is 10. The third-order valence-corrected chi connectivity index (χ3v) is 33.4. The monoisotopic (exact) mass is 1830 g/mol. The Kier molecular flexibility index (Phi) is 36.3. The molecule has 4 saturated heterocycles. The maximum atomic E-state index is 14.2. The molecular formula is C88H127Cl2N6O21S5-. The van der Waals surface area contributed by atoms with Gasteiger partial charge < -0.3 is 62.8 Å². The van der Waals surface area contributed by atoms with Crippen LogP contribution in [0.4, 0.5) is 21.0 Å². The molecule has 0 saturated carbocycles. The van der Waals surface area contributed by atoms with Crippen LogP contribution in [-0.2, 0) is 89.7 Å². The van der Waals surface area contributed by atoms with E-state index < -0.39 is 151 Å². The zero-order valence-corrected chi connectivity index (χ0v) is 80.1. The van der Waals surface area contributed by atoms with E-state index in [4.69, 9.17) is 51.6 Å². The Morgan fingerprint density at radius 2 is 1.02 bits per heavy atom. The lowest BCUT2D eigenvalue weighted by atomic mass is 9.82. The molecular weight excluding hydrogens is 1710 g/mol. The van der Waals surface area contributed by atoms with Gasteiger partial charge in [-0.1, -0.05) is 168 Å². The van der Waals surface area contributed by atoms with Crippen molar-refractivity contribution in [2.75, 3.05) is 49.5 Å². The number of epoxide rings is 2. The number of fused-ring (bicyclic) bond motifs is 10. The van der Waals surface area contributed by atoms with Crippen molar-refractivity contribution in [2.24, 2.45) is 23.7 Å². The zero-order valence-electron chi connectivity index (χ0n) is 74.5. The molecule has 680 valence electrons. The van der Waals surface area contributed by atoms with Crippen LogP contribution in [0.1, 0.15) is 217 Å². The maximum Gasteiger partial charge on any atom is 0.409 e. The van der Waals surface area contributed by atoms with Crippen molar-refractivity contribution in [1.29, 1.82) is 0 Å². The van der Waals surface area contributed by atoms with Gasteiger partial charge in [0.25, 0.3) is 0 Å². The number of nitrogens with zero attached hydrogens (tertiary/aromatic N) is 4. The number of aliphatic hydroxyl groups is 2. The topological polar surface area (TPSA) is 367 Å². The molecule has 0 radical (unpaired) electrons. The molecule has 17 atom stereocenters. The smallest absolute Gasteiger partial charge is 0.409 e. The Balaban J connectivity index is 0.000000336. The molecule has 2 aromatic rings. The average Bonchev–Trinajstić information content (AvgIpc) is 1.57. The molecule has 4 N–H and O–H groups in total. The van der Waals surface area contributed by atoms with Gasteiger partial charge in [0, 0.05) is 118 Å². The van der Waals surface area contributed by atoms with E-state index in [1.165, 1.54) is 62.1 Å². The van der Waals surface area contributed by atoms with Gasteiger partial charge in [0.05, 0.1) is 46.5 Å². The SMILES string of the molecule is CCC(=O)C(CCSSC(C)(C)CCC(=O)N(C)[C@@H](C)C(=O)O[C@H]1CC(=O)N(C)c2cc(cc(C)c2Cl)C/C(C)=C/C=C/[C@@H](C)[C@@]2(O)CC(OC(=O)N2)[C@@H](C)[C@@H]2O[C@@]12C)S(=O)(=O)[O-].CCC(=O)CCCSSC(C)(C)CCC(=O)N(C)[C@@H](C)C(=O)O[C@H]1CC(=O)N(C)c2cc(cc(C)c2Cl)C/C(C)=C/C=C/[C@@H](C)[C@@]2(O)CC(OC(=O)N2)[C@@H](C)[C@@H]2O[C@@]12C. The van der Waals surface area contributed by atoms with E-state index in [2.05, 4.69) is 24.5 Å². The molecule has 0 spiro atoms. The summed E-state index contributed by atoms with van der Waals surface area (Å²) in [6.45, 7) is 32.9. The lowest BCUT2D eigenvalue weighted by molar-refractivity contribution is -0.162. The summed E-state index contributed by atoms with van der Waals surface area (Å²) in [6, 6.07) is 5.59. The van der Waals surface area contributed by atoms with Gasteiger partial charge in [-0.15, -0.1) is 0 Å². The standard InChI is InChI=1S/C44H64ClN3O12S3.C44H64ClN3O9S2/c1-12-32(49)34(63(55,56)57)17-19-61-62-42(7,8)18-16-36(50)47(10)29(6)40(52)59-35-23-37(51)48(11)31-22-30(21-26(3)38(31)45)20-25(2)14-13-15-27(4)44(54)24-33(58-41(53)46-44)28(5)39-43(35,9)60-39;1-12-32(49)17-14-20-58-59-42(7,8)19-18-36(50)47(10)30(6)40(52)56-35-24-37(51)48(11)33-23-31(22-27(3)38(33)45)21-26(2)15-13-16-28(4)44(54)25-34(55-41(53)46-44)29(5)39-43(35,9)57-39/h13-15,21-22,27-29,33-35,39,54H,12,16-20,23-24H2,1-11H3,(H,46,53)(H,55,56,57);13,15-16,22-23,28-30,34-35,39,54H,12,14,17-21,24-25H2,1-11H3,(H,46,53)/p-1/b15-13+,25-14+;16-13+,26-15+/t27-,28-,29+,33?,34?,35+,39+,43+,44+;28-,29-,30+,34?,35+,39+,43+,44+/m11/s1. The van der Waals surface area contributed by atoms with Gasteiger partial charge in [-0.05, 0) is 156 Å². The molecule has 6 heterocycles. The van der Waals surface area contributed by atoms with Gasteiger partial charge in [0.15, 0.2) is 0 Å². The predicted molar refractivity (Wildman–Crippen MR) is 480 cm³/mol. The fourth-order valence-electron chi connectivity index (χ4n) is 15.3. The zero-order chi connectivity index (χ0) is 91.4. The number of esters is 2. The van der Waals surface area contributed by atoms with Gasteiger partial charge in [0.2, 0.25) is 23.6 Å². The van der Waals surface area contributed by atoms with Crippen molar-refractivity contribution in [3.8, 4) is 0 Å². The van der Waals surface area contributed by atoms with E-state index in [0.717, 1.165) is 45.6 Å². The number of Topliss-reactive ketones (excluding diaryl/α,β-unsaturated/α-hetero) is 2. The minimum absolute atomic E-state index is 0.0317. The number of nitrogens with one attached hydrogen (secondary N) is 2. The van der Waals surface area contributed by atoms with Crippen LogP contribution in [0.25, 0.3) is 0 Å². The molecule has 3 unspecified atom stereocenters. The number of halogens is 2. The van der Waals surface area contributed by atoms with Gasteiger partial charge >= 0.3 is 24.1 Å². The van der Waals surface area contributed by atoms with Crippen LogP contribution in [0.5, 0.6) is 0 Å². The summed E-state index contributed by atoms with van der Waals surface area (Å²) in [5, 5.41) is 27.9. The van der Waals surface area contributed by atoms with E-state index in [0.29, 0.717) is 59.9 Å². The Morgan fingerprint density at radius 3 is 1.39 bits per heavy atom. The molecule has 8 bridgehead atoms. The van der Waals surface area contributed by atoms with Crippen LogP contribution >= 0.6 is 66.4 Å². The molecule has 6 amide bonds. The van der Waals surface area contributed by atoms with Crippen LogP contribution in [0.3, 0.4) is 0 Å². The van der Waals surface area contributed by atoms with Crippen molar-refractivity contribution in [3.05, 3.63) is 104 Å². The number of alkyl carbamates (subject to hydrolysis) is 2. The number of aryl methyl sites for hydroxylation is 2. The first-order valence-corrected chi connectivity index (χ1v) is 48.6. The van der Waals surface area contributed by atoms with E-state index >= 15 is 0 Å². The normalized spacial score (nSPS) is 29.4. The second kappa shape index (κ2) is 43.1. The quantitative estimate of drug-likeness (QED) is 0.0161. The van der Waals surface area contributed by atoms with Crippen molar-refractivity contribution in [1.82, 2.24) is 20.4 Å². The van der Waals surface area contributed by atoms with E-state index in [-0.39, 0.29) is 85.4 Å². The minimum atomic E-state index is -4.77. The Labute approximate surface area is 746 Å². The van der Waals surface area contributed by atoms with E-state index in [1.807, 2.05) is 130 Å². The van der Waals surface area contributed by atoms with E-state index in [9.17, 15) is 71.1 Å². The number of anilines is 2.